The van der Waals surface area contributed by atoms with Gasteiger partial charge in [0, 0.05) is 11.1 Å². The lowest BCUT2D eigenvalue weighted by molar-refractivity contribution is 0.0685. The van der Waals surface area contributed by atoms with E-state index in [0.29, 0.717) is 16.7 Å². The highest BCUT2D eigenvalue weighted by Gasteiger charge is 2.35. The van der Waals surface area contributed by atoms with E-state index >= 15 is 0 Å². The summed E-state index contributed by atoms with van der Waals surface area (Å²) >= 11 is 0. The van der Waals surface area contributed by atoms with Crippen LogP contribution in [0.5, 0.6) is 28.7 Å². The predicted molar refractivity (Wildman–Crippen MR) is 119 cm³/mol. The first-order valence-corrected chi connectivity index (χ1v) is 9.83. The molecule has 33 heavy (non-hydrogen) atoms. The Labute approximate surface area is 188 Å². The van der Waals surface area contributed by atoms with Crippen LogP contribution >= 0.6 is 0 Å². The summed E-state index contributed by atoms with van der Waals surface area (Å²) in [5.41, 5.74) is 1.17. The molecule has 1 aliphatic heterocycles. The number of carboxylic acids is 1. The van der Waals surface area contributed by atoms with E-state index < -0.39 is 11.9 Å². The minimum Gasteiger partial charge on any atom is -0.507 e. The zero-order chi connectivity index (χ0) is 23.9. The summed E-state index contributed by atoms with van der Waals surface area (Å²) in [5, 5.41) is 24.5. The van der Waals surface area contributed by atoms with Gasteiger partial charge in [-0.2, -0.15) is 5.10 Å². The maximum absolute atomic E-state index is 13.2. The minimum atomic E-state index is -1.32. The molecule has 4 N–H and O–H groups in total. The number of nitrogens with zero attached hydrogens (tertiary/aromatic N) is 1. The number of hydrogen-bond acceptors (Lipinski definition) is 8. The Morgan fingerprint density at radius 1 is 1.06 bits per heavy atom. The number of ether oxygens (including phenoxy) is 3. The standard InChI is InChI=1S/C24H20N2O7/c1-11-9-15(27)18(19(26-25)13-7-5-4-6-8-13)22-17(11)24(30)33-20-12(2)16(31-3)10-14(23(28)29)21(20)32-22/h4-10,27H,25H2,1-3H3,(H,28,29)/b26-19-. The Bertz CT molecular complexity index is 1330. The van der Waals surface area contributed by atoms with Gasteiger partial charge in [0.1, 0.15) is 28.3 Å². The van der Waals surface area contributed by atoms with Gasteiger partial charge in [0.05, 0.1) is 12.7 Å². The summed E-state index contributed by atoms with van der Waals surface area (Å²) in [6.07, 6.45) is 0. The second-order valence-electron chi connectivity index (χ2n) is 7.34. The molecule has 3 aromatic rings. The lowest BCUT2D eigenvalue weighted by atomic mass is 9.95. The number of nitrogens with two attached hydrogens (primary N) is 1. The molecule has 1 aliphatic rings. The molecule has 0 fully saturated rings. The van der Waals surface area contributed by atoms with Crippen LogP contribution in [0.15, 0.2) is 47.6 Å². The average molecular weight is 448 g/mol. The quantitative estimate of drug-likeness (QED) is 0.180. The second kappa shape index (κ2) is 8.19. The fourth-order valence-corrected chi connectivity index (χ4v) is 3.78. The molecule has 168 valence electrons. The third kappa shape index (κ3) is 3.49. The fraction of sp³-hybridized carbons (Fsp3) is 0.125. The van der Waals surface area contributed by atoms with Gasteiger partial charge in [-0.3, -0.25) is 0 Å². The normalized spacial score (nSPS) is 12.7. The molecule has 0 aromatic heterocycles. The van der Waals surface area contributed by atoms with Gasteiger partial charge in [0.25, 0.3) is 0 Å². The molecule has 0 saturated heterocycles. The highest BCUT2D eigenvalue weighted by molar-refractivity contribution is 6.18. The van der Waals surface area contributed by atoms with E-state index in [1.807, 2.05) is 0 Å². The Morgan fingerprint density at radius 2 is 1.76 bits per heavy atom. The lowest BCUT2D eigenvalue weighted by Gasteiger charge is -2.18. The van der Waals surface area contributed by atoms with Crippen molar-refractivity contribution in [3.8, 4) is 28.7 Å². The molecule has 0 amide bonds. The van der Waals surface area contributed by atoms with Crippen molar-refractivity contribution < 1.29 is 34.0 Å². The van der Waals surface area contributed by atoms with E-state index in [0.717, 1.165) is 0 Å². The van der Waals surface area contributed by atoms with E-state index in [2.05, 4.69) is 5.10 Å². The number of phenols is 1. The molecular weight excluding hydrogens is 428 g/mol. The van der Waals surface area contributed by atoms with E-state index in [1.54, 1.807) is 44.2 Å². The number of aryl methyl sites for hydroxylation is 1. The summed E-state index contributed by atoms with van der Waals surface area (Å²) in [7, 11) is 1.37. The lowest BCUT2D eigenvalue weighted by Crippen LogP contribution is -2.14. The molecule has 0 aliphatic carbocycles. The van der Waals surface area contributed by atoms with E-state index in [1.165, 1.54) is 19.2 Å². The summed E-state index contributed by atoms with van der Waals surface area (Å²) in [6, 6.07) is 11.4. The number of benzene rings is 3. The smallest absolute Gasteiger partial charge is 0.347 e. The third-order valence-electron chi connectivity index (χ3n) is 5.36. The molecule has 9 nitrogen and oxygen atoms in total. The van der Waals surface area contributed by atoms with Crippen LogP contribution in [-0.4, -0.2) is 35.0 Å². The predicted octanol–water partition coefficient (Wildman–Crippen LogP) is 3.75. The molecule has 0 atom stereocenters. The first-order chi connectivity index (χ1) is 15.8. The van der Waals surface area contributed by atoms with Crippen LogP contribution in [0.4, 0.5) is 0 Å². The van der Waals surface area contributed by atoms with Gasteiger partial charge in [-0.25, -0.2) is 9.59 Å². The number of phenolic OH excluding ortho intramolecular Hbond substituents is 1. The highest BCUT2D eigenvalue weighted by Crippen LogP contribution is 2.49. The average Bonchev–Trinajstić information content (AvgIpc) is 2.94. The van der Waals surface area contributed by atoms with Crippen molar-refractivity contribution in [2.45, 2.75) is 13.8 Å². The SMILES string of the molecule is COc1cc(C(=O)O)c2c(c1C)OC(=O)c1c(C)cc(O)c(/C(=N\N)c3ccccc3)c1O2. The van der Waals surface area contributed by atoms with Gasteiger partial charge in [-0.05, 0) is 31.5 Å². The van der Waals surface area contributed by atoms with Crippen LogP contribution in [0.3, 0.4) is 0 Å². The monoisotopic (exact) mass is 448 g/mol. The van der Waals surface area contributed by atoms with Crippen molar-refractivity contribution in [1.82, 2.24) is 0 Å². The van der Waals surface area contributed by atoms with Gasteiger partial charge < -0.3 is 30.3 Å². The van der Waals surface area contributed by atoms with Crippen LogP contribution in [0.1, 0.15) is 43.0 Å². The molecule has 0 saturated carbocycles. The van der Waals surface area contributed by atoms with Gasteiger partial charge in [-0.15, -0.1) is 0 Å². The van der Waals surface area contributed by atoms with Gasteiger partial charge in [0.2, 0.25) is 0 Å². The van der Waals surface area contributed by atoms with E-state index in [4.69, 9.17) is 20.1 Å². The first kappa shape index (κ1) is 21.7. The number of aromatic carboxylic acids is 1. The molecule has 0 spiro atoms. The van der Waals surface area contributed by atoms with E-state index in [-0.39, 0.29) is 51.1 Å². The van der Waals surface area contributed by atoms with Crippen molar-refractivity contribution in [2.75, 3.05) is 7.11 Å². The maximum Gasteiger partial charge on any atom is 0.347 e. The molecule has 0 unspecified atom stereocenters. The Morgan fingerprint density at radius 3 is 2.36 bits per heavy atom. The number of fused-ring (bicyclic) bond motifs is 2. The van der Waals surface area contributed by atoms with Gasteiger partial charge in [-0.1, -0.05) is 30.3 Å². The zero-order valence-corrected chi connectivity index (χ0v) is 18.0. The fourth-order valence-electron chi connectivity index (χ4n) is 3.78. The number of aromatic hydroxyl groups is 1. The first-order valence-electron chi connectivity index (χ1n) is 9.83. The van der Waals surface area contributed by atoms with Crippen LogP contribution in [0, 0.1) is 13.8 Å². The number of methoxy groups -OCH3 is 1. The van der Waals surface area contributed by atoms with Crippen molar-refractivity contribution in [3.05, 3.63) is 75.8 Å². The highest BCUT2D eigenvalue weighted by atomic mass is 16.6. The number of esters is 1. The molecule has 4 rings (SSSR count). The molecule has 1 heterocycles. The van der Waals surface area contributed by atoms with Crippen molar-refractivity contribution >= 4 is 17.7 Å². The van der Waals surface area contributed by atoms with Crippen LogP contribution in [-0.2, 0) is 0 Å². The number of hydrazone groups is 1. The Kier molecular flexibility index (Phi) is 5.39. The third-order valence-corrected chi connectivity index (χ3v) is 5.36. The second-order valence-corrected chi connectivity index (χ2v) is 7.34. The minimum absolute atomic E-state index is 0.00536. The number of carbonyl (C=O) groups excluding carboxylic acids is 1. The topological polar surface area (TPSA) is 141 Å². The van der Waals surface area contributed by atoms with Crippen molar-refractivity contribution in [1.29, 1.82) is 0 Å². The maximum atomic E-state index is 13.2. The number of hydrogen-bond donors (Lipinski definition) is 3. The zero-order valence-electron chi connectivity index (χ0n) is 18.0. The molecular formula is C24H20N2O7. The van der Waals surface area contributed by atoms with Crippen LogP contribution < -0.4 is 20.1 Å². The van der Waals surface area contributed by atoms with Crippen molar-refractivity contribution in [3.63, 3.8) is 0 Å². The van der Waals surface area contributed by atoms with Gasteiger partial charge in [0.15, 0.2) is 17.2 Å². The summed E-state index contributed by atoms with van der Waals surface area (Å²) in [6.45, 7) is 3.20. The summed E-state index contributed by atoms with van der Waals surface area (Å²) in [5.74, 6) is 3.11. The molecule has 0 bridgehead atoms. The van der Waals surface area contributed by atoms with Crippen LogP contribution in [0.2, 0.25) is 0 Å². The number of carbonyl (C=O) groups is 2. The molecule has 0 radical (unpaired) electrons. The van der Waals surface area contributed by atoms with Gasteiger partial charge >= 0.3 is 11.9 Å². The molecule has 9 heteroatoms. The Balaban J connectivity index is 2.07. The largest absolute Gasteiger partial charge is 0.507 e. The van der Waals surface area contributed by atoms with Crippen LogP contribution in [0.25, 0.3) is 0 Å². The van der Waals surface area contributed by atoms with E-state index in [9.17, 15) is 19.8 Å². The van der Waals surface area contributed by atoms with Crippen molar-refractivity contribution in [2.24, 2.45) is 10.9 Å². The Hall–Kier alpha value is -4.53. The summed E-state index contributed by atoms with van der Waals surface area (Å²) < 4.78 is 16.9. The molecule has 3 aromatic carbocycles. The summed E-state index contributed by atoms with van der Waals surface area (Å²) in [4.78, 5) is 25.2. The number of rotatable bonds is 4. The number of carboxylic acid groups (broad SMARTS) is 1.